The molecule has 4 rings (SSSR count). The van der Waals surface area contributed by atoms with Gasteiger partial charge in [0.25, 0.3) is 0 Å². The van der Waals surface area contributed by atoms with Gasteiger partial charge < -0.3 is 20.3 Å². The fraction of sp³-hybridized carbons (Fsp3) is 0.286. The third-order valence-electron chi connectivity index (χ3n) is 3.81. The van der Waals surface area contributed by atoms with E-state index in [0.29, 0.717) is 6.04 Å². The van der Waals surface area contributed by atoms with E-state index in [9.17, 15) is 4.79 Å². The van der Waals surface area contributed by atoms with Gasteiger partial charge in [-0.3, -0.25) is 0 Å². The molecule has 6 nitrogen and oxygen atoms in total. The summed E-state index contributed by atoms with van der Waals surface area (Å²) in [5.41, 5.74) is 3.43. The molecule has 0 radical (unpaired) electrons. The van der Waals surface area contributed by atoms with Crippen molar-refractivity contribution in [1.82, 2.24) is 25.3 Å². The van der Waals surface area contributed by atoms with Crippen LogP contribution < -0.4 is 11.0 Å². The Morgan fingerprint density at radius 2 is 2.05 bits per heavy atom. The van der Waals surface area contributed by atoms with Gasteiger partial charge in [-0.25, -0.2) is 9.78 Å². The molecule has 1 aromatic carbocycles. The quantitative estimate of drug-likeness (QED) is 0.570. The molecule has 1 saturated heterocycles. The third-order valence-corrected chi connectivity index (χ3v) is 3.81. The predicted octanol–water partition coefficient (Wildman–Crippen LogP) is 1.67. The van der Waals surface area contributed by atoms with Crippen molar-refractivity contribution in [3.63, 3.8) is 0 Å². The van der Waals surface area contributed by atoms with Crippen LogP contribution in [0.2, 0.25) is 0 Å². The Bertz CT molecular complexity index is 806. The summed E-state index contributed by atoms with van der Waals surface area (Å²) < 4.78 is 0. The zero-order valence-electron chi connectivity index (χ0n) is 10.9. The predicted molar refractivity (Wildman–Crippen MR) is 76.5 cm³/mol. The summed E-state index contributed by atoms with van der Waals surface area (Å²) in [5, 5.41) is 3.42. The standard InChI is InChI=1S/C14H15N5O/c20-14-18-9-4-3-8(6-11(9)19-14)12-7-16-13(17-12)10-2-1-5-15-10/h3-4,6-7,10,15H,1-2,5H2,(H,16,17)(H2,18,19,20). The van der Waals surface area contributed by atoms with Crippen LogP contribution in [0.25, 0.3) is 22.3 Å². The molecule has 1 atom stereocenters. The highest BCUT2D eigenvalue weighted by molar-refractivity contribution is 5.80. The molecule has 1 aliphatic heterocycles. The largest absolute Gasteiger partial charge is 0.341 e. The number of H-pyrrole nitrogens is 3. The zero-order chi connectivity index (χ0) is 13.5. The summed E-state index contributed by atoms with van der Waals surface area (Å²) in [5.74, 6) is 0.986. The topological polar surface area (TPSA) is 89.4 Å². The molecule has 4 N–H and O–H groups in total. The Hall–Kier alpha value is -2.34. The molecular weight excluding hydrogens is 254 g/mol. The number of hydrogen-bond acceptors (Lipinski definition) is 3. The van der Waals surface area contributed by atoms with E-state index < -0.39 is 0 Å². The second kappa shape index (κ2) is 4.35. The number of nitrogens with one attached hydrogen (secondary N) is 4. The molecule has 0 amide bonds. The first-order valence-electron chi connectivity index (χ1n) is 6.80. The van der Waals surface area contributed by atoms with Crippen molar-refractivity contribution in [2.24, 2.45) is 0 Å². The maximum Gasteiger partial charge on any atom is 0.323 e. The Balaban J connectivity index is 1.72. The van der Waals surface area contributed by atoms with E-state index in [-0.39, 0.29) is 5.69 Å². The highest BCUT2D eigenvalue weighted by Crippen LogP contribution is 2.25. The lowest BCUT2D eigenvalue weighted by atomic mass is 10.1. The molecule has 20 heavy (non-hydrogen) atoms. The van der Waals surface area contributed by atoms with Gasteiger partial charge in [0, 0.05) is 5.56 Å². The minimum atomic E-state index is -0.183. The van der Waals surface area contributed by atoms with Crippen LogP contribution in [0, 0.1) is 0 Å². The van der Waals surface area contributed by atoms with Gasteiger partial charge in [0.05, 0.1) is 29.0 Å². The highest BCUT2D eigenvalue weighted by Gasteiger charge is 2.19. The molecule has 0 bridgehead atoms. The van der Waals surface area contributed by atoms with Gasteiger partial charge in [-0.2, -0.15) is 0 Å². The number of rotatable bonds is 2. The Kier molecular flexibility index (Phi) is 2.50. The molecule has 1 fully saturated rings. The van der Waals surface area contributed by atoms with E-state index in [2.05, 4.69) is 25.3 Å². The van der Waals surface area contributed by atoms with Crippen LogP contribution in [-0.4, -0.2) is 26.5 Å². The average molecular weight is 269 g/mol. The molecule has 2 aromatic heterocycles. The number of nitrogens with zero attached hydrogens (tertiary/aromatic N) is 1. The Morgan fingerprint density at radius 1 is 1.15 bits per heavy atom. The molecule has 6 heteroatoms. The van der Waals surface area contributed by atoms with Crippen LogP contribution in [0.1, 0.15) is 24.7 Å². The number of aromatic nitrogens is 4. The van der Waals surface area contributed by atoms with E-state index in [1.165, 1.54) is 6.42 Å². The first kappa shape index (κ1) is 11.5. The number of aromatic amines is 3. The smallest absolute Gasteiger partial charge is 0.323 e. The van der Waals surface area contributed by atoms with E-state index in [1.54, 1.807) is 0 Å². The molecule has 1 unspecified atom stereocenters. The summed E-state index contributed by atoms with van der Waals surface area (Å²) in [4.78, 5) is 24.6. The van der Waals surface area contributed by atoms with Gasteiger partial charge in [-0.15, -0.1) is 0 Å². The Morgan fingerprint density at radius 3 is 2.90 bits per heavy atom. The van der Waals surface area contributed by atoms with Crippen LogP contribution in [0.15, 0.2) is 29.2 Å². The summed E-state index contributed by atoms with van der Waals surface area (Å²) in [7, 11) is 0. The van der Waals surface area contributed by atoms with Crippen LogP contribution in [0.4, 0.5) is 0 Å². The minimum Gasteiger partial charge on any atom is -0.341 e. The van der Waals surface area contributed by atoms with Crippen LogP contribution in [0.3, 0.4) is 0 Å². The zero-order valence-corrected chi connectivity index (χ0v) is 10.9. The lowest BCUT2D eigenvalue weighted by Crippen LogP contribution is -2.14. The Labute approximate surface area is 114 Å². The lowest BCUT2D eigenvalue weighted by Gasteiger charge is -2.05. The van der Waals surface area contributed by atoms with Crippen molar-refractivity contribution in [1.29, 1.82) is 0 Å². The van der Waals surface area contributed by atoms with E-state index in [4.69, 9.17) is 0 Å². The van der Waals surface area contributed by atoms with Crippen molar-refractivity contribution < 1.29 is 0 Å². The van der Waals surface area contributed by atoms with Crippen LogP contribution in [-0.2, 0) is 0 Å². The lowest BCUT2D eigenvalue weighted by molar-refractivity contribution is 0.613. The molecule has 102 valence electrons. The van der Waals surface area contributed by atoms with Gasteiger partial charge in [0.2, 0.25) is 0 Å². The van der Waals surface area contributed by atoms with E-state index in [1.807, 2.05) is 24.4 Å². The number of fused-ring (bicyclic) bond motifs is 1. The number of benzene rings is 1. The summed E-state index contributed by atoms with van der Waals surface area (Å²) in [6.07, 6.45) is 4.16. The fourth-order valence-corrected chi connectivity index (χ4v) is 2.78. The van der Waals surface area contributed by atoms with Gasteiger partial charge in [0.1, 0.15) is 5.82 Å². The van der Waals surface area contributed by atoms with Crippen molar-refractivity contribution in [3.05, 3.63) is 40.7 Å². The number of hydrogen-bond donors (Lipinski definition) is 4. The molecule has 3 heterocycles. The monoisotopic (exact) mass is 269 g/mol. The van der Waals surface area contributed by atoms with Crippen molar-refractivity contribution in [2.45, 2.75) is 18.9 Å². The van der Waals surface area contributed by atoms with Gasteiger partial charge in [-0.05, 0) is 31.5 Å². The van der Waals surface area contributed by atoms with Gasteiger partial charge >= 0.3 is 5.69 Å². The maximum atomic E-state index is 11.3. The molecule has 1 aliphatic rings. The second-order valence-corrected chi connectivity index (χ2v) is 5.17. The molecule has 0 aliphatic carbocycles. The van der Waals surface area contributed by atoms with Crippen molar-refractivity contribution in [2.75, 3.05) is 6.54 Å². The summed E-state index contributed by atoms with van der Waals surface area (Å²) >= 11 is 0. The second-order valence-electron chi connectivity index (χ2n) is 5.17. The van der Waals surface area contributed by atoms with Crippen LogP contribution >= 0.6 is 0 Å². The van der Waals surface area contributed by atoms with E-state index >= 15 is 0 Å². The normalized spacial score (nSPS) is 18.9. The van der Waals surface area contributed by atoms with Crippen molar-refractivity contribution in [3.8, 4) is 11.3 Å². The molecular formula is C14H15N5O. The van der Waals surface area contributed by atoms with Gasteiger partial charge in [0.15, 0.2) is 0 Å². The summed E-state index contributed by atoms with van der Waals surface area (Å²) in [6.45, 7) is 1.05. The first-order chi connectivity index (χ1) is 9.79. The first-order valence-corrected chi connectivity index (χ1v) is 6.80. The van der Waals surface area contributed by atoms with Gasteiger partial charge in [-0.1, -0.05) is 6.07 Å². The molecule has 3 aromatic rings. The fourth-order valence-electron chi connectivity index (χ4n) is 2.78. The van der Waals surface area contributed by atoms with Crippen LogP contribution in [0.5, 0.6) is 0 Å². The molecule has 0 spiro atoms. The SMILES string of the molecule is O=c1[nH]c2ccc(-c3cnc(C4CCCN4)[nH]3)cc2[nH]1. The maximum absolute atomic E-state index is 11.3. The van der Waals surface area contributed by atoms with E-state index in [0.717, 1.165) is 41.1 Å². The minimum absolute atomic E-state index is 0.183. The molecule has 0 saturated carbocycles. The van der Waals surface area contributed by atoms with Crippen molar-refractivity contribution >= 4 is 11.0 Å². The summed E-state index contributed by atoms with van der Waals surface area (Å²) in [6, 6.07) is 6.16. The average Bonchev–Trinajstić information content (AvgIpc) is 3.17. The highest BCUT2D eigenvalue weighted by atomic mass is 16.1. The number of imidazole rings is 2. The third kappa shape index (κ3) is 1.85.